The fourth-order valence-electron chi connectivity index (χ4n) is 1.62. The summed E-state index contributed by atoms with van der Waals surface area (Å²) in [5, 5.41) is 0. The predicted octanol–water partition coefficient (Wildman–Crippen LogP) is 3.72. The molecule has 0 heterocycles. The largest absolute Gasteiger partial charge is 0.294 e. The van der Waals surface area contributed by atoms with Crippen LogP contribution >= 0.6 is 11.8 Å². The van der Waals surface area contributed by atoms with Gasteiger partial charge in [0.1, 0.15) is 0 Å². The van der Waals surface area contributed by atoms with Gasteiger partial charge in [-0.15, -0.1) is 0 Å². The van der Waals surface area contributed by atoms with Crippen LogP contribution in [0.25, 0.3) is 0 Å². The van der Waals surface area contributed by atoms with E-state index in [0.717, 1.165) is 17.7 Å². The third-order valence-corrected chi connectivity index (χ3v) is 3.82. The van der Waals surface area contributed by atoms with Crippen molar-refractivity contribution >= 4 is 17.5 Å². The highest BCUT2D eigenvalue weighted by atomic mass is 32.2. The molecule has 1 aromatic rings. The first-order valence-corrected chi connectivity index (χ1v) is 6.06. The van der Waals surface area contributed by atoms with E-state index in [1.807, 2.05) is 12.1 Å². The van der Waals surface area contributed by atoms with E-state index in [4.69, 9.17) is 0 Å². The van der Waals surface area contributed by atoms with Crippen LogP contribution in [0.2, 0.25) is 0 Å². The van der Waals surface area contributed by atoms with Crippen molar-refractivity contribution in [3.05, 3.63) is 40.8 Å². The molecule has 1 nitrogen and oxygen atoms in total. The van der Waals surface area contributed by atoms with Crippen LogP contribution in [0.5, 0.6) is 0 Å². The maximum atomic E-state index is 11.6. The number of allylic oxidation sites excluding steroid dienone is 2. The third-order valence-electron chi connectivity index (χ3n) is 2.53. The normalized spacial score (nSPS) is 16.3. The van der Waals surface area contributed by atoms with Crippen LogP contribution in [0.4, 0.5) is 0 Å². The van der Waals surface area contributed by atoms with Gasteiger partial charge in [0.05, 0.1) is 4.91 Å². The van der Waals surface area contributed by atoms with Gasteiger partial charge < -0.3 is 0 Å². The van der Waals surface area contributed by atoms with Gasteiger partial charge in [-0.2, -0.15) is 0 Å². The van der Waals surface area contributed by atoms with Crippen LogP contribution in [0.15, 0.2) is 40.1 Å². The van der Waals surface area contributed by atoms with Gasteiger partial charge in [0.15, 0.2) is 5.78 Å². The molecule has 0 N–H and O–H groups in total. The zero-order valence-electron chi connectivity index (χ0n) is 8.82. The molecule has 0 atom stereocenters. The highest BCUT2D eigenvalue weighted by Gasteiger charge is 2.15. The van der Waals surface area contributed by atoms with Crippen LogP contribution < -0.4 is 0 Å². The smallest absolute Gasteiger partial charge is 0.169 e. The minimum absolute atomic E-state index is 0.300. The summed E-state index contributed by atoms with van der Waals surface area (Å²) < 4.78 is 0. The number of ketones is 1. The molecule has 0 saturated heterocycles. The van der Waals surface area contributed by atoms with Crippen molar-refractivity contribution in [1.82, 2.24) is 0 Å². The van der Waals surface area contributed by atoms with Gasteiger partial charge in [-0.1, -0.05) is 36.0 Å². The number of hydrogen-bond acceptors (Lipinski definition) is 2. The fourth-order valence-corrected chi connectivity index (χ4v) is 2.65. The zero-order chi connectivity index (χ0) is 10.7. The summed E-state index contributed by atoms with van der Waals surface area (Å²) >= 11 is 1.61. The Morgan fingerprint density at radius 1 is 1.27 bits per heavy atom. The standard InChI is InChI=1S/C13H14OS/c1-10-6-2-4-8-12(10)15-13-9-5-3-7-11(13)14/h2,4,6,8-9H,3,5,7H2,1H3. The Kier molecular flexibility index (Phi) is 3.27. The van der Waals surface area contributed by atoms with E-state index in [-0.39, 0.29) is 0 Å². The number of thioether (sulfide) groups is 1. The highest BCUT2D eigenvalue weighted by Crippen LogP contribution is 2.33. The molecule has 1 aliphatic rings. The van der Waals surface area contributed by atoms with Crippen LogP contribution in [-0.4, -0.2) is 5.78 Å². The van der Waals surface area contributed by atoms with Gasteiger partial charge in [0, 0.05) is 11.3 Å². The zero-order valence-corrected chi connectivity index (χ0v) is 9.64. The van der Waals surface area contributed by atoms with E-state index in [9.17, 15) is 4.79 Å². The summed E-state index contributed by atoms with van der Waals surface area (Å²) in [4.78, 5) is 13.7. The Labute approximate surface area is 94.6 Å². The second kappa shape index (κ2) is 4.67. The lowest BCUT2D eigenvalue weighted by Gasteiger charge is -2.12. The van der Waals surface area contributed by atoms with Gasteiger partial charge in [-0.3, -0.25) is 4.79 Å². The Hall–Kier alpha value is -1.02. The van der Waals surface area contributed by atoms with Crippen molar-refractivity contribution in [2.75, 3.05) is 0 Å². The lowest BCUT2D eigenvalue weighted by molar-refractivity contribution is -0.115. The molecule has 0 aromatic heterocycles. The number of rotatable bonds is 2. The van der Waals surface area contributed by atoms with Crippen LogP contribution in [0.3, 0.4) is 0 Å². The average molecular weight is 218 g/mol. The number of benzene rings is 1. The van der Waals surface area contributed by atoms with Gasteiger partial charge in [-0.25, -0.2) is 0 Å². The van der Waals surface area contributed by atoms with Crippen LogP contribution in [-0.2, 0) is 4.79 Å². The number of carbonyl (C=O) groups is 1. The molecular formula is C13H14OS. The number of aryl methyl sites for hydroxylation is 1. The monoisotopic (exact) mass is 218 g/mol. The molecule has 78 valence electrons. The summed E-state index contributed by atoms with van der Waals surface area (Å²) in [6, 6.07) is 8.19. The molecule has 1 aromatic carbocycles. The molecular weight excluding hydrogens is 204 g/mol. The molecule has 2 heteroatoms. The summed E-state index contributed by atoms with van der Waals surface area (Å²) in [5.41, 5.74) is 1.24. The number of hydrogen-bond donors (Lipinski definition) is 0. The topological polar surface area (TPSA) is 17.1 Å². The molecule has 0 radical (unpaired) electrons. The van der Waals surface area contributed by atoms with E-state index < -0.39 is 0 Å². The fraction of sp³-hybridized carbons (Fsp3) is 0.308. The van der Waals surface area contributed by atoms with Crippen molar-refractivity contribution in [2.24, 2.45) is 0 Å². The first-order chi connectivity index (χ1) is 7.27. The molecule has 0 bridgehead atoms. The molecule has 0 saturated carbocycles. The maximum Gasteiger partial charge on any atom is 0.169 e. The molecule has 2 rings (SSSR count). The summed E-state index contributed by atoms with van der Waals surface area (Å²) in [7, 11) is 0. The SMILES string of the molecule is Cc1ccccc1SC1=CCCCC1=O. The van der Waals surface area contributed by atoms with Crippen molar-refractivity contribution in [3.63, 3.8) is 0 Å². The summed E-state index contributed by atoms with van der Waals surface area (Å²) in [6.07, 6.45) is 4.84. The van der Waals surface area contributed by atoms with E-state index in [1.54, 1.807) is 11.8 Å². The van der Waals surface area contributed by atoms with Crippen molar-refractivity contribution < 1.29 is 4.79 Å². The first kappa shape index (κ1) is 10.5. The Morgan fingerprint density at radius 2 is 2.07 bits per heavy atom. The van der Waals surface area contributed by atoms with E-state index >= 15 is 0 Å². The van der Waals surface area contributed by atoms with Crippen LogP contribution in [0.1, 0.15) is 24.8 Å². The molecule has 0 spiro atoms. The van der Waals surface area contributed by atoms with Crippen LogP contribution in [0, 0.1) is 6.92 Å². The second-order valence-electron chi connectivity index (χ2n) is 3.75. The lowest BCUT2D eigenvalue weighted by Crippen LogP contribution is -2.04. The minimum atomic E-state index is 0.300. The predicted molar refractivity (Wildman–Crippen MR) is 64.0 cm³/mol. The lowest BCUT2D eigenvalue weighted by atomic mass is 10.1. The first-order valence-electron chi connectivity index (χ1n) is 5.24. The number of Topliss-reactive ketones (excluding diaryl/α,β-unsaturated/α-hetero) is 1. The molecule has 0 unspecified atom stereocenters. The summed E-state index contributed by atoms with van der Waals surface area (Å²) in [5.74, 6) is 0.300. The highest BCUT2D eigenvalue weighted by molar-refractivity contribution is 8.04. The third kappa shape index (κ3) is 2.51. The molecule has 0 amide bonds. The van der Waals surface area contributed by atoms with Gasteiger partial charge >= 0.3 is 0 Å². The van der Waals surface area contributed by atoms with Gasteiger partial charge in [0.2, 0.25) is 0 Å². The molecule has 15 heavy (non-hydrogen) atoms. The van der Waals surface area contributed by atoms with Crippen molar-refractivity contribution in [2.45, 2.75) is 31.1 Å². The quantitative estimate of drug-likeness (QED) is 0.752. The second-order valence-corrected chi connectivity index (χ2v) is 4.84. The summed E-state index contributed by atoms with van der Waals surface area (Å²) in [6.45, 7) is 2.08. The number of carbonyl (C=O) groups excluding carboxylic acids is 1. The average Bonchev–Trinajstić information content (AvgIpc) is 2.24. The van der Waals surface area contributed by atoms with Crippen molar-refractivity contribution in [3.8, 4) is 0 Å². The molecule has 0 fully saturated rings. The van der Waals surface area contributed by atoms with E-state index in [0.29, 0.717) is 12.2 Å². The Bertz CT molecular complexity index is 407. The van der Waals surface area contributed by atoms with Crippen molar-refractivity contribution in [1.29, 1.82) is 0 Å². The Morgan fingerprint density at radius 3 is 2.80 bits per heavy atom. The molecule has 1 aliphatic carbocycles. The Balaban J connectivity index is 2.18. The van der Waals surface area contributed by atoms with E-state index in [1.165, 1.54) is 10.5 Å². The van der Waals surface area contributed by atoms with E-state index in [2.05, 4.69) is 25.1 Å². The van der Waals surface area contributed by atoms with Gasteiger partial charge in [-0.05, 0) is 31.4 Å². The maximum absolute atomic E-state index is 11.6. The minimum Gasteiger partial charge on any atom is -0.294 e. The van der Waals surface area contributed by atoms with Gasteiger partial charge in [0.25, 0.3) is 0 Å². The molecule has 0 aliphatic heterocycles.